The summed E-state index contributed by atoms with van der Waals surface area (Å²) in [5.74, 6) is 0.448. The molecular weight excluding hydrogens is 341 g/mol. The Kier molecular flexibility index (Phi) is 3.81. The summed E-state index contributed by atoms with van der Waals surface area (Å²) in [4.78, 5) is 12.9. The Balaban J connectivity index is 1.50. The van der Waals surface area contributed by atoms with Crippen molar-refractivity contribution in [3.05, 3.63) is 82.9 Å². The molecule has 1 heterocycles. The van der Waals surface area contributed by atoms with Crippen LogP contribution in [0.4, 0.5) is 4.39 Å². The molecule has 0 radical (unpaired) electrons. The molecule has 3 aromatic rings. The highest BCUT2D eigenvalue weighted by atomic mass is 19.1. The molecule has 5 heteroatoms. The minimum Gasteiger partial charge on any atom is -0.347 e. The summed E-state index contributed by atoms with van der Waals surface area (Å²) in [6.07, 6.45) is 3.34. The van der Waals surface area contributed by atoms with Crippen molar-refractivity contribution < 1.29 is 9.18 Å². The summed E-state index contributed by atoms with van der Waals surface area (Å²) < 4.78 is 15.2. The number of hydrogen-bond donors (Lipinski definition) is 1. The highest BCUT2D eigenvalue weighted by molar-refractivity contribution is 5.94. The third-order valence-corrected chi connectivity index (χ3v) is 5.77. The van der Waals surface area contributed by atoms with E-state index in [4.69, 9.17) is 0 Å². The van der Waals surface area contributed by atoms with E-state index < -0.39 is 0 Å². The minimum absolute atomic E-state index is 0.136. The molecule has 1 aromatic heterocycles. The molecule has 4 nitrogen and oxygen atoms in total. The summed E-state index contributed by atoms with van der Waals surface area (Å²) >= 11 is 0. The Hall–Kier alpha value is -2.95. The van der Waals surface area contributed by atoms with Crippen LogP contribution in [0.15, 0.2) is 54.6 Å². The van der Waals surface area contributed by atoms with Gasteiger partial charge in [0.2, 0.25) is 0 Å². The van der Waals surface area contributed by atoms with Crippen molar-refractivity contribution >= 4 is 5.91 Å². The van der Waals surface area contributed by atoms with Gasteiger partial charge in [-0.2, -0.15) is 5.10 Å². The minimum atomic E-state index is -0.273. The third-order valence-electron chi connectivity index (χ3n) is 5.77. The summed E-state index contributed by atoms with van der Waals surface area (Å²) in [6, 6.07) is 16.2. The van der Waals surface area contributed by atoms with Gasteiger partial charge in [-0.3, -0.25) is 4.79 Å². The van der Waals surface area contributed by atoms with Crippen LogP contribution in [0.3, 0.4) is 0 Å². The molecule has 0 saturated heterocycles. The molecule has 1 amide bonds. The lowest BCUT2D eigenvalue weighted by molar-refractivity contribution is 0.0944. The number of benzene rings is 2. The van der Waals surface area contributed by atoms with Gasteiger partial charge in [-0.1, -0.05) is 30.3 Å². The number of nitrogens with zero attached hydrogens (tertiary/aromatic N) is 2. The number of fused-ring (bicyclic) bond motifs is 5. The molecule has 1 fully saturated rings. The lowest BCUT2D eigenvalue weighted by Gasteiger charge is -2.14. The van der Waals surface area contributed by atoms with E-state index >= 15 is 0 Å². The quantitative estimate of drug-likeness (QED) is 0.753. The third kappa shape index (κ3) is 2.74. The SMILES string of the molecule is O=C(NCc1ccccc1)c1nn(-c2ccc(F)cc2)c2c1C1CCC2C1. The van der Waals surface area contributed by atoms with Crippen LogP contribution in [0.1, 0.15) is 58.4 Å². The van der Waals surface area contributed by atoms with E-state index in [0.717, 1.165) is 41.8 Å². The lowest BCUT2D eigenvalue weighted by atomic mass is 9.95. The zero-order valence-electron chi connectivity index (χ0n) is 14.9. The van der Waals surface area contributed by atoms with Gasteiger partial charge in [-0.25, -0.2) is 9.07 Å². The fourth-order valence-electron chi connectivity index (χ4n) is 4.54. The summed E-state index contributed by atoms with van der Waals surface area (Å²) in [6.45, 7) is 0.478. The molecule has 0 spiro atoms. The van der Waals surface area contributed by atoms with Crippen LogP contribution in [0.2, 0.25) is 0 Å². The van der Waals surface area contributed by atoms with E-state index in [2.05, 4.69) is 10.4 Å². The van der Waals surface area contributed by atoms with E-state index in [9.17, 15) is 9.18 Å². The summed E-state index contributed by atoms with van der Waals surface area (Å²) in [5.41, 5.74) is 4.63. The van der Waals surface area contributed by atoms with Crippen LogP contribution >= 0.6 is 0 Å². The maximum atomic E-state index is 13.3. The van der Waals surface area contributed by atoms with Crippen LogP contribution in [0.5, 0.6) is 0 Å². The topological polar surface area (TPSA) is 46.9 Å². The zero-order valence-corrected chi connectivity index (χ0v) is 14.9. The van der Waals surface area contributed by atoms with Gasteiger partial charge in [0.15, 0.2) is 5.69 Å². The normalized spacial score (nSPS) is 19.9. The first-order chi connectivity index (χ1) is 13.2. The van der Waals surface area contributed by atoms with E-state index in [0.29, 0.717) is 24.1 Å². The smallest absolute Gasteiger partial charge is 0.272 e. The van der Waals surface area contributed by atoms with Crippen molar-refractivity contribution in [1.82, 2.24) is 15.1 Å². The molecule has 136 valence electrons. The van der Waals surface area contributed by atoms with E-state index in [1.54, 1.807) is 12.1 Å². The van der Waals surface area contributed by atoms with E-state index in [1.165, 1.54) is 12.1 Å². The number of nitrogens with one attached hydrogen (secondary N) is 1. The number of carbonyl (C=O) groups is 1. The molecule has 1 saturated carbocycles. The molecule has 2 atom stereocenters. The number of rotatable bonds is 4. The number of hydrogen-bond acceptors (Lipinski definition) is 2. The second-order valence-corrected chi connectivity index (χ2v) is 7.41. The highest BCUT2D eigenvalue weighted by Gasteiger charge is 2.44. The first-order valence-corrected chi connectivity index (χ1v) is 9.41. The van der Waals surface area contributed by atoms with Crippen molar-refractivity contribution in [3.8, 4) is 5.69 Å². The molecule has 1 N–H and O–H groups in total. The van der Waals surface area contributed by atoms with Crippen LogP contribution < -0.4 is 5.32 Å². The second-order valence-electron chi connectivity index (χ2n) is 7.41. The van der Waals surface area contributed by atoms with Gasteiger partial charge in [0.1, 0.15) is 5.82 Å². The van der Waals surface area contributed by atoms with Gasteiger partial charge in [0, 0.05) is 18.0 Å². The standard InChI is InChI=1S/C22H20FN3O/c23-17-8-10-18(11-9-17)26-21-16-7-6-15(12-16)19(21)20(25-26)22(27)24-13-14-4-2-1-3-5-14/h1-5,8-11,15-16H,6-7,12-13H2,(H,24,27). The predicted octanol–water partition coefficient (Wildman–Crippen LogP) is 4.31. The van der Waals surface area contributed by atoms with E-state index in [1.807, 2.05) is 35.0 Å². The largest absolute Gasteiger partial charge is 0.347 e. The van der Waals surface area contributed by atoms with E-state index in [-0.39, 0.29) is 11.7 Å². The van der Waals surface area contributed by atoms with Gasteiger partial charge in [-0.15, -0.1) is 0 Å². The van der Waals surface area contributed by atoms with Crippen LogP contribution in [-0.4, -0.2) is 15.7 Å². The Labute approximate surface area is 157 Å². The number of amides is 1. The Morgan fingerprint density at radius 1 is 1.07 bits per heavy atom. The molecular formula is C22H20FN3O. The number of halogens is 1. The first kappa shape index (κ1) is 16.2. The number of carbonyl (C=O) groups excluding carboxylic acids is 1. The Morgan fingerprint density at radius 2 is 1.81 bits per heavy atom. The Bertz CT molecular complexity index is 994. The average molecular weight is 361 g/mol. The van der Waals surface area contributed by atoms with Gasteiger partial charge >= 0.3 is 0 Å². The second kappa shape index (κ2) is 6.34. The molecule has 27 heavy (non-hydrogen) atoms. The van der Waals surface area contributed by atoms with Crippen molar-refractivity contribution in [2.45, 2.75) is 37.6 Å². The van der Waals surface area contributed by atoms with Gasteiger partial charge in [0.25, 0.3) is 5.91 Å². The van der Waals surface area contributed by atoms with Gasteiger partial charge < -0.3 is 5.32 Å². The fraction of sp³-hybridized carbons (Fsp3) is 0.273. The fourth-order valence-corrected chi connectivity index (χ4v) is 4.54. The number of aromatic nitrogens is 2. The lowest BCUT2D eigenvalue weighted by Crippen LogP contribution is -2.24. The molecule has 2 aliphatic carbocycles. The molecule has 5 rings (SSSR count). The van der Waals surface area contributed by atoms with Crippen molar-refractivity contribution in [2.24, 2.45) is 0 Å². The first-order valence-electron chi connectivity index (χ1n) is 9.41. The molecule has 2 aliphatic rings. The van der Waals surface area contributed by atoms with Gasteiger partial charge in [0.05, 0.1) is 11.4 Å². The summed E-state index contributed by atoms with van der Waals surface area (Å²) in [7, 11) is 0. The highest BCUT2D eigenvalue weighted by Crippen LogP contribution is 2.54. The monoisotopic (exact) mass is 361 g/mol. The predicted molar refractivity (Wildman–Crippen MR) is 100 cm³/mol. The maximum Gasteiger partial charge on any atom is 0.272 e. The summed E-state index contributed by atoms with van der Waals surface area (Å²) in [5, 5.41) is 7.67. The van der Waals surface area contributed by atoms with Crippen molar-refractivity contribution in [1.29, 1.82) is 0 Å². The molecule has 2 bridgehead atoms. The average Bonchev–Trinajstić information content (AvgIpc) is 3.40. The maximum absolute atomic E-state index is 13.3. The van der Waals surface area contributed by atoms with Gasteiger partial charge in [-0.05, 0) is 55.0 Å². The molecule has 2 aromatic carbocycles. The van der Waals surface area contributed by atoms with Crippen molar-refractivity contribution in [2.75, 3.05) is 0 Å². The van der Waals surface area contributed by atoms with Crippen molar-refractivity contribution in [3.63, 3.8) is 0 Å². The van der Waals surface area contributed by atoms with Crippen LogP contribution in [0.25, 0.3) is 5.69 Å². The molecule has 2 unspecified atom stereocenters. The molecule has 0 aliphatic heterocycles. The zero-order chi connectivity index (χ0) is 18.4. The van der Waals surface area contributed by atoms with Crippen LogP contribution in [-0.2, 0) is 6.54 Å². The van der Waals surface area contributed by atoms with Crippen LogP contribution in [0, 0.1) is 5.82 Å². The Morgan fingerprint density at radius 3 is 2.59 bits per heavy atom.